The molecular weight excluding hydrogens is 362 g/mol. The molecule has 4 aliphatic carbocycles. The summed E-state index contributed by atoms with van der Waals surface area (Å²) in [6.45, 7) is 4.47. The predicted octanol–water partition coefficient (Wildman–Crippen LogP) is 3.58. The summed E-state index contributed by atoms with van der Waals surface area (Å²) < 4.78 is 39.8. The lowest BCUT2D eigenvalue weighted by atomic mass is 9.54. The van der Waals surface area contributed by atoms with Gasteiger partial charge in [0.1, 0.15) is 5.75 Å². The zero-order valence-electron chi connectivity index (χ0n) is 16.6. The second-order valence-electron chi connectivity index (χ2n) is 8.93. The highest BCUT2D eigenvalue weighted by atomic mass is 32.2. The summed E-state index contributed by atoms with van der Waals surface area (Å²) in [5, 5.41) is 0. The normalized spacial score (nSPS) is 32.0. The number of hydrogen-bond acceptors (Lipinski definition) is 4. The highest BCUT2D eigenvalue weighted by Gasteiger charge is 2.51. The molecule has 5 nitrogen and oxygen atoms in total. The Morgan fingerprint density at radius 1 is 1.04 bits per heavy atom. The van der Waals surface area contributed by atoms with Crippen LogP contribution < -0.4 is 9.46 Å². The van der Waals surface area contributed by atoms with Crippen LogP contribution in [0.2, 0.25) is 0 Å². The van der Waals surface area contributed by atoms with E-state index in [1.807, 2.05) is 19.9 Å². The molecule has 5 rings (SSSR count). The number of aryl methyl sites for hydroxylation is 2. The summed E-state index contributed by atoms with van der Waals surface area (Å²) in [6.07, 6.45) is 7.64. The van der Waals surface area contributed by atoms with Gasteiger partial charge in [0.05, 0.1) is 24.2 Å². The summed E-state index contributed by atoms with van der Waals surface area (Å²) >= 11 is 0. The van der Waals surface area contributed by atoms with E-state index < -0.39 is 10.0 Å². The first-order chi connectivity index (χ1) is 12.8. The molecule has 0 radical (unpaired) electrons. The SMILES string of the molecule is COc1cc(S(=O)(=O)NCCOC23CC4CC(CC(C4)C2)C3)c(C)cc1C. The van der Waals surface area contributed by atoms with Crippen LogP contribution in [0.25, 0.3) is 0 Å². The molecule has 1 aromatic carbocycles. The fourth-order valence-corrected chi connectivity index (χ4v) is 7.31. The van der Waals surface area contributed by atoms with E-state index in [-0.39, 0.29) is 10.5 Å². The minimum atomic E-state index is -3.58. The number of nitrogens with one attached hydrogen (secondary N) is 1. The maximum absolute atomic E-state index is 12.7. The fraction of sp³-hybridized carbons (Fsp3) is 0.714. The molecule has 4 saturated carbocycles. The summed E-state index contributed by atoms with van der Waals surface area (Å²) in [5.74, 6) is 3.08. The molecule has 4 bridgehead atoms. The molecule has 1 aromatic rings. The first kappa shape index (κ1) is 19.2. The number of benzene rings is 1. The molecule has 27 heavy (non-hydrogen) atoms. The molecule has 4 fully saturated rings. The zero-order valence-corrected chi connectivity index (χ0v) is 17.4. The summed E-state index contributed by atoms with van der Waals surface area (Å²) in [5.41, 5.74) is 1.67. The Bertz CT molecular complexity index is 782. The standard InChI is InChI=1S/C21H31NO4S/c1-14-6-15(2)20(10-19(14)25-3)27(23,24)22-4-5-26-21-11-16-7-17(12-21)9-18(8-16)13-21/h6,10,16-18,22H,4-5,7-9,11-13H2,1-3H3. The van der Waals surface area contributed by atoms with Crippen LogP contribution in [0.5, 0.6) is 5.75 Å². The van der Waals surface area contributed by atoms with Gasteiger partial charge >= 0.3 is 0 Å². The Kier molecular flexibility index (Phi) is 5.02. The number of methoxy groups -OCH3 is 1. The first-order valence-electron chi connectivity index (χ1n) is 10.1. The van der Waals surface area contributed by atoms with Gasteiger partial charge in [-0.3, -0.25) is 0 Å². The molecule has 1 N–H and O–H groups in total. The third kappa shape index (κ3) is 3.76. The average molecular weight is 394 g/mol. The molecule has 0 saturated heterocycles. The van der Waals surface area contributed by atoms with Gasteiger partial charge in [-0.1, -0.05) is 6.07 Å². The topological polar surface area (TPSA) is 64.6 Å². The van der Waals surface area contributed by atoms with Crippen LogP contribution in [0, 0.1) is 31.6 Å². The van der Waals surface area contributed by atoms with Crippen molar-refractivity contribution in [2.75, 3.05) is 20.3 Å². The van der Waals surface area contributed by atoms with Crippen LogP contribution in [0.1, 0.15) is 49.7 Å². The summed E-state index contributed by atoms with van der Waals surface area (Å²) in [4.78, 5) is 0.278. The van der Waals surface area contributed by atoms with Crippen molar-refractivity contribution in [1.29, 1.82) is 0 Å². The maximum atomic E-state index is 12.7. The van der Waals surface area contributed by atoms with Crippen molar-refractivity contribution in [3.8, 4) is 5.75 Å². The summed E-state index contributed by atoms with van der Waals surface area (Å²) in [7, 11) is -2.02. The van der Waals surface area contributed by atoms with Crippen molar-refractivity contribution in [3.63, 3.8) is 0 Å². The molecule has 0 aliphatic heterocycles. The lowest BCUT2D eigenvalue weighted by Gasteiger charge is -2.56. The molecule has 6 heteroatoms. The Labute approximate surface area is 162 Å². The van der Waals surface area contributed by atoms with E-state index in [4.69, 9.17) is 9.47 Å². The highest BCUT2D eigenvalue weighted by Crippen LogP contribution is 2.57. The van der Waals surface area contributed by atoms with Gasteiger partial charge in [-0.15, -0.1) is 0 Å². The van der Waals surface area contributed by atoms with E-state index in [1.54, 1.807) is 13.2 Å². The van der Waals surface area contributed by atoms with E-state index in [1.165, 1.54) is 38.5 Å². The first-order valence-corrected chi connectivity index (χ1v) is 11.6. The predicted molar refractivity (Wildman–Crippen MR) is 105 cm³/mol. The van der Waals surface area contributed by atoms with Gasteiger partial charge in [-0.2, -0.15) is 0 Å². The van der Waals surface area contributed by atoms with Crippen molar-refractivity contribution in [2.45, 2.75) is 62.9 Å². The molecule has 0 aromatic heterocycles. The Morgan fingerprint density at radius 2 is 1.63 bits per heavy atom. The monoisotopic (exact) mass is 393 g/mol. The number of hydrogen-bond donors (Lipinski definition) is 1. The molecule has 0 amide bonds. The van der Waals surface area contributed by atoms with Gasteiger partial charge in [-0.05, 0) is 81.3 Å². The molecule has 0 unspecified atom stereocenters. The highest BCUT2D eigenvalue weighted by molar-refractivity contribution is 7.89. The van der Waals surface area contributed by atoms with Gasteiger partial charge in [0.15, 0.2) is 0 Å². The number of ether oxygens (including phenoxy) is 2. The van der Waals surface area contributed by atoms with Crippen molar-refractivity contribution in [1.82, 2.24) is 4.72 Å². The largest absolute Gasteiger partial charge is 0.496 e. The maximum Gasteiger partial charge on any atom is 0.241 e. The van der Waals surface area contributed by atoms with Gasteiger partial charge in [-0.25, -0.2) is 13.1 Å². The molecular formula is C21H31NO4S. The van der Waals surface area contributed by atoms with Crippen molar-refractivity contribution < 1.29 is 17.9 Å². The van der Waals surface area contributed by atoms with Crippen molar-refractivity contribution in [2.24, 2.45) is 17.8 Å². The molecule has 0 spiro atoms. The van der Waals surface area contributed by atoms with Crippen molar-refractivity contribution >= 4 is 10.0 Å². The number of sulfonamides is 1. The van der Waals surface area contributed by atoms with Crippen molar-refractivity contribution in [3.05, 3.63) is 23.3 Å². The van der Waals surface area contributed by atoms with E-state index in [0.717, 1.165) is 28.9 Å². The fourth-order valence-electron chi connectivity index (χ4n) is 6.05. The Balaban J connectivity index is 1.36. The second kappa shape index (κ2) is 7.05. The minimum Gasteiger partial charge on any atom is -0.496 e. The zero-order chi connectivity index (χ0) is 19.2. The molecule has 0 heterocycles. The number of rotatable bonds is 7. The molecule has 4 aliphatic rings. The van der Waals surface area contributed by atoms with Crippen LogP contribution in [-0.4, -0.2) is 34.3 Å². The quantitative estimate of drug-likeness (QED) is 0.719. The second-order valence-corrected chi connectivity index (χ2v) is 10.7. The van der Waals surface area contributed by atoms with Crippen LogP contribution in [0.15, 0.2) is 17.0 Å². The van der Waals surface area contributed by atoms with Crippen LogP contribution in [0.3, 0.4) is 0 Å². The van der Waals surface area contributed by atoms with Gasteiger partial charge < -0.3 is 9.47 Å². The van der Waals surface area contributed by atoms with E-state index in [0.29, 0.717) is 18.9 Å². The molecule has 150 valence electrons. The summed E-state index contributed by atoms with van der Waals surface area (Å²) in [6, 6.07) is 3.45. The third-order valence-electron chi connectivity index (χ3n) is 6.77. The third-order valence-corrected chi connectivity index (χ3v) is 8.37. The minimum absolute atomic E-state index is 0.0171. The van der Waals surface area contributed by atoms with E-state index in [9.17, 15) is 8.42 Å². The smallest absolute Gasteiger partial charge is 0.241 e. The van der Waals surface area contributed by atoms with E-state index >= 15 is 0 Å². The van der Waals surface area contributed by atoms with Gasteiger partial charge in [0.25, 0.3) is 0 Å². The lowest BCUT2D eigenvalue weighted by Crippen LogP contribution is -2.52. The van der Waals surface area contributed by atoms with Crippen LogP contribution in [0.4, 0.5) is 0 Å². The van der Waals surface area contributed by atoms with Gasteiger partial charge in [0.2, 0.25) is 10.0 Å². The van der Waals surface area contributed by atoms with Crippen LogP contribution in [-0.2, 0) is 14.8 Å². The van der Waals surface area contributed by atoms with E-state index in [2.05, 4.69) is 4.72 Å². The Hall–Kier alpha value is -1.11. The average Bonchev–Trinajstić information content (AvgIpc) is 2.57. The molecule has 0 atom stereocenters. The lowest BCUT2D eigenvalue weighted by molar-refractivity contribution is -0.160. The Morgan fingerprint density at radius 3 is 2.19 bits per heavy atom. The van der Waals surface area contributed by atoms with Crippen LogP contribution >= 0.6 is 0 Å². The van der Waals surface area contributed by atoms with Gasteiger partial charge in [0, 0.05) is 12.6 Å².